The molecule has 0 bridgehead atoms. The second kappa shape index (κ2) is 9.52. The molecular formula is C15H27NO11. The quantitative estimate of drug-likeness (QED) is 0.228. The van der Waals surface area contributed by atoms with Crippen molar-refractivity contribution >= 4 is 5.91 Å². The molecule has 0 radical (unpaired) electrons. The second-order valence-electron chi connectivity index (χ2n) is 6.48. The topological polar surface area (TPSA) is 187 Å². The number of ether oxygens (including phenoxy) is 4. The smallest absolute Gasteiger partial charge is 0.217 e. The number of aliphatic hydroxyl groups is 6. The molecule has 12 heteroatoms. The van der Waals surface area contributed by atoms with Gasteiger partial charge in [-0.25, -0.2) is 0 Å². The average Bonchev–Trinajstić information content (AvgIpc) is 2.64. The first-order valence-electron chi connectivity index (χ1n) is 8.45. The van der Waals surface area contributed by atoms with Gasteiger partial charge in [-0.05, 0) is 0 Å². The minimum Gasteiger partial charge on any atom is -0.394 e. The molecule has 0 aromatic rings. The van der Waals surface area contributed by atoms with Crippen LogP contribution >= 0.6 is 0 Å². The molecule has 12 nitrogen and oxygen atoms in total. The number of amides is 1. The van der Waals surface area contributed by atoms with Crippen molar-refractivity contribution in [2.45, 2.75) is 68.3 Å². The SMILES string of the molecule is CO[C@@H]1OC(CO)[C@H](O)C(O[C@@H]2OC(CO)[C@H](O)[C@H](O)C2O)C1NC(C)=O. The number of hydrogen-bond donors (Lipinski definition) is 7. The summed E-state index contributed by atoms with van der Waals surface area (Å²) in [6.45, 7) is -0.0132. The Kier molecular flexibility index (Phi) is 7.88. The van der Waals surface area contributed by atoms with E-state index in [0.717, 1.165) is 0 Å². The molecule has 27 heavy (non-hydrogen) atoms. The third kappa shape index (κ3) is 4.74. The lowest BCUT2D eigenvalue weighted by atomic mass is 9.95. The van der Waals surface area contributed by atoms with Gasteiger partial charge in [-0.2, -0.15) is 0 Å². The summed E-state index contributed by atoms with van der Waals surface area (Å²) < 4.78 is 21.4. The van der Waals surface area contributed by atoms with Gasteiger partial charge < -0.3 is 54.9 Å². The van der Waals surface area contributed by atoms with Gasteiger partial charge in [-0.15, -0.1) is 0 Å². The Morgan fingerprint density at radius 1 is 0.926 bits per heavy atom. The van der Waals surface area contributed by atoms with Crippen molar-refractivity contribution in [3.8, 4) is 0 Å². The van der Waals surface area contributed by atoms with Gasteiger partial charge in [0.1, 0.15) is 48.8 Å². The summed E-state index contributed by atoms with van der Waals surface area (Å²) in [6.07, 6.45) is -12.7. The Morgan fingerprint density at radius 3 is 2.00 bits per heavy atom. The Balaban J connectivity index is 2.25. The first kappa shape index (κ1) is 22.4. The third-order valence-electron chi connectivity index (χ3n) is 4.60. The molecule has 0 spiro atoms. The van der Waals surface area contributed by atoms with Crippen molar-refractivity contribution in [3.05, 3.63) is 0 Å². The Hall–Kier alpha value is -0.930. The van der Waals surface area contributed by atoms with Crippen LogP contribution in [0.3, 0.4) is 0 Å². The molecule has 5 unspecified atom stereocenters. The highest BCUT2D eigenvalue weighted by Gasteiger charge is 2.51. The minimum absolute atomic E-state index is 0.484. The summed E-state index contributed by atoms with van der Waals surface area (Å²) >= 11 is 0. The summed E-state index contributed by atoms with van der Waals surface area (Å²) in [6, 6.07) is -1.04. The number of methoxy groups -OCH3 is 1. The molecule has 0 saturated carbocycles. The van der Waals surface area contributed by atoms with Crippen molar-refractivity contribution in [2.24, 2.45) is 0 Å². The largest absolute Gasteiger partial charge is 0.394 e. The molecule has 2 saturated heterocycles. The normalized spacial score (nSPS) is 45.5. The fourth-order valence-corrected chi connectivity index (χ4v) is 3.15. The standard InChI is InChI=1S/C15H27NO11/c1-5(19)16-8-13(10(21)7(4-18)25-14(8)24-2)27-15-12(23)11(22)9(20)6(3-17)26-15/h6-15,17-18,20-23H,3-4H2,1-2H3,(H,16,19)/t6?,7?,8?,9-,10-,11-,12?,13?,14+,15-/m0/s1. The van der Waals surface area contributed by atoms with Gasteiger partial charge in [0, 0.05) is 14.0 Å². The predicted molar refractivity (Wildman–Crippen MR) is 85.0 cm³/mol. The molecule has 0 aliphatic carbocycles. The third-order valence-corrected chi connectivity index (χ3v) is 4.60. The van der Waals surface area contributed by atoms with Gasteiger partial charge in [-0.3, -0.25) is 4.79 Å². The van der Waals surface area contributed by atoms with Gasteiger partial charge in [0.25, 0.3) is 0 Å². The minimum atomic E-state index is -1.70. The van der Waals surface area contributed by atoms with E-state index in [1.165, 1.54) is 14.0 Å². The van der Waals surface area contributed by atoms with Gasteiger partial charge in [-0.1, -0.05) is 0 Å². The summed E-state index contributed by atoms with van der Waals surface area (Å²) in [5.74, 6) is -0.484. The van der Waals surface area contributed by atoms with Crippen LogP contribution in [-0.4, -0.2) is 118 Å². The van der Waals surface area contributed by atoms with E-state index >= 15 is 0 Å². The Bertz CT molecular complexity index is 492. The van der Waals surface area contributed by atoms with Gasteiger partial charge in [0.15, 0.2) is 12.6 Å². The summed E-state index contributed by atoms with van der Waals surface area (Å²) in [5.41, 5.74) is 0. The maximum Gasteiger partial charge on any atom is 0.217 e. The molecule has 0 aromatic heterocycles. The zero-order valence-corrected chi connectivity index (χ0v) is 14.9. The van der Waals surface area contributed by atoms with Gasteiger partial charge >= 0.3 is 0 Å². The van der Waals surface area contributed by atoms with E-state index < -0.39 is 80.5 Å². The van der Waals surface area contributed by atoms with Gasteiger partial charge in [0.2, 0.25) is 5.91 Å². The van der Waals surface area contributed by atoms with E-state index in [2.05, 4.69) is 5.32 Å². The van der Waals surface area contributed by atoms with Crippen molar-refractivity contribution in [3.63, 3.8) is 0 Å². The first-order valence-corrected chi connectivity index (χ1v) is 8.45. The number of hydrogen-bond acceptors (Lipinski definition) is 11. The molecule has 0 aromatic carbocycles. The molecule has 2 heterocycles. The molecule has 2 fully saturated rings. The molecule has 158 valence electrons. The molecule has 10 atom stereocenters. The summed E-state index contributed by atoms with van der Waals surface area (Å²) in [7, 11) is 1.29. The summed E-state index contributed by atoms with van der Waals surface area (Å²) in [5, 5.41) is 61.5. The van der Waals surface area contributed by atoms with Crippen LogP contribution in [0.15, 0.2) is 0 Å². The molecular weight excluding hydrogens is 370 g/mol. The van der Waals surface area contributed by atoms with Crippen LogP contribution in [0.5, 0.6) is 0 Å². The van der Waals surface area contributed by atoms with Crippen molar-refractivity contribution in [2.75, 3.05) is 20.3 Å². The van der Waals surface area contributed by atoms with E-state index in [9.17, 15) is 35.4 Å². The lowest BCUT2D eigenvalue weighted by molar-refractivity contribution is -0.343. The van der Waals surface area contributed by atoms with Crippen LogP contribution in [0.2, 0.25) is 0 Å². The van der Waals surface area contributed by atoms with Crippen LogP contribution in [0.25, 0.3) is 0 Å². The fourth-order valence-electron chi connectivity index (χ4n) is 3.15. The maximum absolute atomic E-state index is 11.5. The molecule has 1 amide bonds. The van der Waals surface area contributed by atoms with Crippen LogP contribution in [0.1, 0.15) is 6.92 Å². The second-order valence-corrected chi connectivity index (χ2v) is 6.48. The Labute approximate surface area is 155 Å². The fraction of sp³-hybridized carbons (Fsp3) is 0.933. The first-order chi connectivity index (χ1) is 12.7. The highest BCUT2D eigenvalue weighted by Crippen LogP contribution is 2.29. The molecule has 2 rings (SSSR count). The van der Waals surface area contributed by atoms with Crippen LogP contribution in [-0.2, 0) is 23.7 Å². The monoisotopic (exact) mass is 397 g/mol. The van der Waals surface area contributed by atoms with E-state index in [0.29, 0.717) is 0 Å². The van der Waals surface area contributed by atoms with Gasteiger partial charge in [0.05, 0.1) is 13.2 Å². The highest BCUT2D eigenvalue weighted by molar-refractivity contribution is 5.73. The zero-order chi connectivity index (χ0) is 20.3. The molecule has 2 aliphatic heterocycles. The summed E-state index contributed by atoms with van der Waals surface area (Å²) in [4.78, 5) is 11.5. The van der Waals surface area contributed by atoms with Crippen molar-refractivity contribution < 1.29 is 54.4 Å². The average molecular weight is 397 g/mol. The van der Waals surface area contributed by atoms with E-state index in [4.69, 9.17) is 18.9 Å². The Morgan fingerprint density at radius 2 is 1.48 bits per heavy atom. The number of rotatable bonds is 6. The van der Waals surface area contributed by atoms with E-state index in [1.54, 1.807) is 0 Å². The number of nitrogens with one attached hydrogen (secondary N) is 1. The van der Waals surface area contributed by atoms with Crippen LogP contribution < -0.4 is 5.32 Å². The predicted octanol–water partition coefficient (Wildman–Crippen LogP) is -4.60. The maximum atomic E-state index is 11.5. The molecule has 2 aliphatic rings. The lowest BCUT2D eigenvalue weighted by Gasteiger charge is -2.47. The highest BCUT2D eigenvalue weighted by atomic mass is 16.7. The van der Waals surface area contributed by atoms with E-state index in [1.807, 2.05) is 0 Å². The van der Waals surface area contributed by atoms with Crippen LogP contribution in [0, 0.1) is 0 Å². The number of carbonyl (C=O) groups excluding carboxylic acids is 1. The number of aliphatic hydroxyl groups excluding tert-OH is 6. The number of carbonyl (C=O) groups is 1. The molecule has 7 N–H and O–H groups in total. The van der Waals surface area contributed by atoms with Crippen LogP contribution in [0.4, 0.5) is 0 Å². The zero-order valence-electron chi connectivity index (χ0n) is 14.9. The van der Waals surface area contributed by atoms with Crippen molar-refractivity contribution in [1.29, 1.82) is 0 Å². The lowest BCUT2D eigenvalue weighted by Crippen LogP contribution is -2.68. The van der Waals surface area contributed by atoms with Crippen molar-refractivity contribution in [1.82, 2.24) is 5.32 Å². The van der Waals surface area contributed by atoms with E-state index in [-0.39, 0.29) is 0 Å².